The van der Waals surface area contributed by atoms with E-state index in [1.54, 1.807) is 16.8 Å². The molecule has 4 nitrogen and oxygen atoms in total. The summed E-state index contributed by atoms with van der Waals surface area (Å²) in [5.41, 5.74) is 5.67. The fourth-order valence-electron chi connectivity index (χ4n) is 1.22. The van der Waals surface area contributed by atoms with E-state index in [0.29, 0.717) is 5.82 Å². The molecule has 0 spiro atoms. The molecule has 1 unspecified atom stereocenters. The number of aliphatic carboxylic acids is 1. The van der Waals surface area contributed by atoms with E-state index in [9.17, 15) is 4.79 Å². The van der Waals surface area contributed by atoms with Crippen molar-refractivity contribution in [1.82, 2.24) is 0 Å². The molecule has 0 aliphatic rings. The Morgan fingerprint density at radius 1 is 1.69 bits per heavy atom. The number of nitrogens with zero attached hydrogens (tertiary/aromatic N) is 1. The van der Waals surface area contributed by atoms with Crippen LogP contribution in [0.2, 0.25) is 0 Å². The number of anilines is 1. The number of carbonyl (C=O) groups is 1. The van der Waals surface area contributed by atoms with E-state index < -0.39 is 5.97 Å². The second kappa shape index (κ2) is 3.89. The Labute approximate surface area is 76.6 Å². The fourth-order valence-corrected chi connectivity index (χ4v) is 1.22. The van der Waals surface area contributed by atoms with E-state index in [1.165, 1.54) is 0 Å². The lowest BCUT2D eigenvalue weighted by molar-refractivity contribution is -0.705. The number of pyridine rings is 1. The summed E-state index contributed by atoms with van der Waals surface area (Å²) in [6.07, 6.45) is 1.86. The number of hydrogen-bond acceptors (Lipinski definition) is 2. The van der Waals surface area contributed by atoms with Crippen LogP contribution in [0.4, 0.5) is 5.82 Å². The first-order valence-electron chi connectivity index (χ1n) is 4.08. The number of carboxylic acid groups (broad SMARTS) is 1. The largest absolute Gasteiger partial charge is 0.481 e. The predicted octanol–water partition coefficient (Wildman–Crippen LogP) is 0.592. The standard InChI is InChI=1S/C9H12N2O2/c1-7(6-9(12)13)11-5-3-2-4-8(11)10/h2-5,7,10H,6H2,1H3,(H,12,13)/p+1. The Bertz CT molecular complexity index is 312. The van der Waals surface area contributed by atoms with Gasteiger partial charge in [-0.3, -0.25) is 10.5 Å². The normalized spacial score (nSPS) is 12.4. The van der Waals surface area contributed by atoms with Crippen LogP contribution in [0.15, 0.2) is 24.4 Å². The number of aromatic nitrogens is 1. The van der Waals surface area contributed by atoms with Crippen LogP contribution in [0.1, 0.15) is 19.4 Å². The van der Waals surface area contributed by atoms with Crippen LogP contribution >= 0.6 is 0 Å². The van der Waals surface area contributed by atoms with Gasteiger partial charge in [0.05, 0.1) is 12.6 Å². The zero-order valence-electron chi connectivity index (χ0n) is 7.47. The zero-order chi connectivity index (χ0) is 9.84. The van der Waals surface area contributed by atoms with Gasteiger partial charge >= 0.3 is 5.97 Å². The molecular formula is C9H13N2O2+. The highest BCUT2D eigenvalue weighted by molar-refractivity contribution is 5.66. The lowest BCUT2D eigenvalue weighted by Gasteiger charge is -2.08. The Morgan fingerprint density at radius 3 is 2.92 bits per heavy atom. The quantitative estimate of drug-likeness (QED) is 0.671. The summed E-state index contributed by atoms with van der Waals surface area (Å²) in [5, 5.41) is 8.58. The molecule has 0 saturated heterocycles. The highest BCUT2D eigenvalue weighted by atomic mass is 16.4. The lowest BCUT2D eigenvalue weighted by Crippen LogP contribution is -2.41. The van der Waals surface area contributed by atoms with Gasteiger partial charge in [0.15, 0.2) is 0 Å². The first-order chi connectivity index (χ1) is 6.11. The minimum absolute atomic E-state index is 0.0822. The molecule has 0 fully saturated rings. The Morgan fingerprint density at radius 2 is 2.38 bits per heavy atom. The Hall–Kier alpha value is -1.58. The van der Waals surface area contributed by atoms with Gasteiger partial charge in [-0.1, -0.05) is 6.07 Å². The molecule has 3 N–H and O–H groups in total. The number of nitrogen functional groups attached to an aromatic ring is 1. The maximum atomic E-state index is 10.4. The maximum absolute atomic E-state index is 10.4. The van der Waals surface area contributed by atoms with E-state index in [4.69, 9.17) is 10.8 Å². The van der Waals surface area contributed by atoms with Crippen LogP contribution in [0.3, 0.4) is 0 Å². The van der Waals surface area contributed by atoms with Crippen molar-refractivity contribution in [2.24, 2.45) is 0 Å². The minimum Gasteiger partial charge on any atom is -0.481 e. The first-order valence-corrected chi connectivity index (χ1v) is 4.08. The van der Waals surface area contributed by atoms with Crippen molar-refractivity contribution in [2.45, 2.75) is 19.4 Å². The van der Waals surface area contributed by atoms with Gasteiger partial charge in [0.2, 0.25) is 0 Å². The van der Waals surface area contributed by atoms with Crippen molar-refractivity contribution >= 4 is 11.8 Å². The summed E-state index contributed by atoms with van der Waals surface area (Å²) in [4.78, 5) is 10.4. The van der Waals surface area contributed by atoms with Gasteiger partial charge in [-0.2, -0.15) is 0 Å². The third kappa shape index (κ3) is 2.43. The van der Waals surface area contributed by atoms with Crippen LogP contribution in [0.25, 0.3) is 0 Å². The number of hydrogen-bond donors (Lipinski definition) is 2. The maximum Gasteiger partial charge on any atom is 0.307 e. The smallest absolute Gasteiger partial charge is 0.307 e. The predicted molar refractivity (Wildman–Crippen MR) is 48.0 cm³/mol. The van der Waals surface area contributed by atoms with E-state index >= 15 is 0 Å². The molecule has 1 aromatic heterocycles. The molecular weight excluding hydrogens is 168 g/mol. The topological polar surface area (TPSA) is 67.2 Å². The third-order valence-corrected chi connectivity index (χ3v) is 1.87. The second-order valence-corrected chi connectivity index (χ2v) is 2.98. The van der Waals surface area contributed by atoms with Crippen LogP contribution < -0.4 is 10.3 Å². The molecule has 0 radical (unpaired) electrons. The molecule has 4 heteroatoms. The highest BCUT2D eigenvalue weighted by Crippen LogP contribution is 2.04. The van der Waals surface area contributed by atoms with Crippen LogP contribution in [0.5, 0.6) is 0 Å². The Balaban J connectivity index is 2.82. The molecule has 1 atom stereocenters. The molecule has 1 heterocycles. The van der Waals surface area contributed by atoms with Gasteiger partial charge in [-0.05, 0) is 13.0 Å². The van der Waals surface area contributed by atoms with E-state index in [0.717, 1.165) is 0 Å². The zero-order valence-corrected chi connectivity index (χ0v) is 7.47. The average molecular weight is 181 g/mol. The van der Waals surface area contributed by atoms with Crippen molar-refractivity contribution < 1.29 is 14.5 Å². The van der Waals surface area contributed by atoms with Gasteiger partial charge in [0.25, 0.3) is 5.82 Å². The van der Waals surface area contributed by atoms with E-state index in [2.05, 4.69) is 0 Å². The Kier molecular flexibility index (Phi) is 2.84. The van der Waals surface area contributed by atoms with Crippen molar-refractivity contribution in [3.63, 3.8) is 0 Å². The second-order valence-electron chi connectivity index (χ2n) is 2.98. The highest BCUT2D eigenvalue weighted by Gasteiger charge is 2.15. The van der Waals surface area contributed by atoms with Crippen LogP contribution in [-0.2, 0) is 4.79 Å². The van der Waals surface area contributed by atoms with E-state index in [1.807, 2.05) is 19.1 Å². The summed E-state index contributed by atoms with van der Waals surface area (Å²) in [7, 11) is 0. The van der Waals surface area contributed by atoms with Crippen molar-refractivity contribution in [3.8, 4) is 0 Å². The molecule has 13 heavy (non-hydrogen) atoms. The summed E-state index contributed by atoms with van der Waals surface area (Å²) in [5.74, 6) is -0.237. The molecule has 1 rings (SSSR count). The molecule has 0 amide bonds. The number of rotatable bonds is 3. The average Bonchev–Trinajstić information content (AvgIpc) is 2.03. The van der Waals surface area contributed by atoms with Crippen LogP contribution in [0, 0.1) is 0 Å². The van der Waals surface area contributed by atoms with Gasteiger partial charge in [-0.25, -0.2) is 4.57 Å². The van der Waals surface area contributed by atoms with Crippen LogP contribution in [-0.4, -0.2) is 11.1 Å². The third-order valence-electron chi connectivity index (χ3n) is 1.87. The SMILES string of the molecule is CC(CC(=O)O)[n+]1ccccc1N. The van der Waals surface area contributed by atoms with Gasteiger partial charge < -0.3 is 5.11 Å². The van der Waals surface area contributed by atoms with Gasteiger partial charge in [0.1, 0.15) is 6.04 Å². The summed E-state index contributed by atoms with van der Waals surface area (Å²) < 4.78 is 1.74. The molecule has 0 aliphatic heterocycles. The van der Waals surface area contributed by atoms with Crippen molar-refractivity contribution in [2.75, 3.05) is 5.73 Å². The summed E-state index contributed by atoms with van der Waals surface area (Å²) >= 11 is 0. The molecule has 0 aliphatic carbocycles. The van der Waals surface area contributed by atoms with Gasteiger partial charge in [0, 0.05) is 6.07 Å². The number of nitrogens with two attached hydrogens (primary N) is 1. The van der Waals surface area contributed by atoms with Gasteiger partial charge in [-0.15, -0.1) is 0 Å². The summed E-state index contributed by atoms with van der Waals surface area (Å²) in [6.45, 7) is 1.82. The molecule has 0 saturated carbocycles. The lowest BCUT2D eigenvalue weighted by atomic mass is 10.2. The van der Waals surface area contributed by atoms with E-state index in [-0.39, 0.29) is 12.5 Å². The first kappa shape index (κ1) is 9.51. The van der Waals surface area contributed by atoms with Crippen molar-refractivity contribution in [3.05, 3.63) is 24.4 Å². The fraction of sp³-hybridized carbons (Fsp3) is 0.333. The molecule has 0 aromatic carbocycles. The monoisotopic (exact) mass is 181 g/mol. The summed E-state index contributed by atoms with van der Waals surface area (Å²) in [6, 6.07) is 5.28. The molecule has 0 bridgehead atoms. The molecule has 70 valence electrons. The number of carboxylic acids is 1. The molecule has 1 aromatic rings. The van der Waals surface area contributed by atoms with Crippen molar-refractivity contribution in [1.29, 1.82) is 0 Å². The minimum atomic E-state index is -0.816.